The average molecular weight is 445 g/mol. The van der Waals surface area contributed by atoms with Gasteiger partial charge in [-0.25, -0.2) is 13.8 Å². The lowest BCUT2D eigenvalue weighted by Crippen LogP contribution is -2.19. The van der Waals surface area contributed by atoms with Crippen LogP contribution in [0.1, 0.15) is 38.0 Å². The minimum atomic E-state index is -2.83. The van der Waals surface area contributed by atoms with Gasteiger partial charge in [0.05, 0.1) is 11.9 Å². The molecule has 4 rings (SSSR count). The van der Waals surface area contributed by atoms with Gasteiger partial charge >= 0.3 is 0 Å². The number of carbonyl (C=O) groups excluding carboxylic acids is 2. The molecule has 3 N–H and O–H groups in total. The van der Waals surface area contributed by atoms with E-state index >= 15 is 0 Å². The zero-order chi connectivity index (χ0) is 22.4. The Hall–Kier alpha value is -3.67. The predicted octanol–water partition coefficient (Wildman–Crippen LogP) is 3.03. The third kappa shape index (κ3) is 3.44. The molecule has 2 amide bonds. The number of nitrogens with two attached hydrogens (primary N) is 1. The van der Waals surface area contributed by atoms with Gasteiger partial charge in [-0.3, -0.25) is 19.0 Å². The number of amides is 2. The van der Waals surface area contributed by atoms with Crippen LogP contribution in [-0.2, 0) is 14.1 Å². The Morgan fingerprint density at radius 1 is 1.19 bits per heavy atom. The summed E-state index contributed by atoms with van der Waals surface area (Å²) in [5.41, 5.74) is 7.09. The van der Waals surface area contributed by atoms with Gasteiger partial charge in [-0.15, -0.1) is 11.3 Å². The Kier molecular flexibility index (Phi) is 5.01. The maximum Gasteiger partial charge on any atom is 0.280 e. The highest BCUT2D eigenvalue weighted by Gasteiger charge is 2.26. The van der Waals surface area contributed by atoms with E-state index in [0.717, 1.165) is 11.3 Å². The van der Waals surface area contributed by atoms with Crippen molar-refractivity contribution < 1.29 is 18.4 Å². The van der Waals surface area contributed by atoms with Gasteiger partial charge < -0.3 is 11.1 Å². The number of alkyl halides is 2. The summed E-state index contributed by atoms with van der Waals surface area (Å²) in [5, 5.41) is 11.2. The highest BCUT2D eigenvalue weighted by atomic mass is 32.1. The van der Waals surface area contributed by atoms with Crippen molar-refractivity contribution in [3.63, 3.8) is 0 Å². The zero-order valence-corrected chi connectivity index (χ0v) is 17.5. The van der Waals surface area contributed by atoms with E-state index in [2.05, 4.69) is 20.5 Å². The Morgan fingerprint density at radius 2 is 1.94 bits per heavy atom. The first-order valence-electron chi connectivity index (χ1n) is 9.02. The van der Waals surface area contributed by atoms with E-state index in [1.807, 2.05) is 0 Å². The number of nitrogens with one attached hydrogen (secondary N) is 1. The monoisotopic (exact) mass is 445 g/mol. The number of carbonyl (C=O) groups is 2. The molecule has 0 atom stereocenters. The Bertz CT molecular complexity index is 1340. The Morgan fingerprint density at radius 3 is 2.48 bits per heavy atom. The smallest absolute Gasteiger partial charge is 0.280 e. The summed E-state index contributed by atoms with van der Waals surface area (Å²) in [6.07, 6.45) is 0.163. The molecule has 12 heteroatoms. The van der Waals surface area contributed by atoms with Crippen LogP contribution in [0.4, 0.5) is 14.5 Å². The number of fused-ring (bicyclic) bond motifs is 1. The molecule has 4 aromatic heterocycles. The largest absolute Gasteiger partial charge is 0.365 e. The highest BCUT2D eigenvalue weighted by Crippen LogP contribution is 2.43. The van der Waals surface area contributed by atoms with Gasteiger partial charge in [0.2, 0.25) is 0 Å². The quantitative estimate of drug-likeness (QED) is 0.489. The van der Waals surface area contributed by atoms with E-state index < -0.39 is 23.9 Å². The van der Waals surface area contributed by atoms with Crippen molar-refractivity contribution in [3.05, 3.63) is 46.5 Å². The number of halogens is 2. The fraction of sp³-hybridized carbons (Fsp3) is 0.211. The first-order chi connectivity index (χ1) is 14.7. The number of aryl methyl sites for hydroxylation is 2. The molecule has 0 radical (unpaired) electrons. The molecule has 0 spiro atoms. The number of hydrogen-bond donors (Lipinski definition) is 2. The lowest BCUT2D eigenvalue weighted by Gasteiger charge is -2.11. The van der Waals surface area contributed by atoms with Crippen LogP contribution in [-0.4, -0.2) is 36.4 Å². The fourth-order valence-electron chi connectivity index (χ4n) is 3.27. The second-order valence-electron chi connectivity index (χ2n) is 6.81. The van der Waals surface area contributed by atoms with Gasteiger partial charge in [0.1, 0.15) is 21.1 Å². The van der Waals surface area contributed by atoms with E-state index in [9.17, 15) is 18.4 Å². The van der Waals surface area contributed by atoms with Crippen molar-refractivity contribution in [2.75, 3.05) is 5.32 Å². The summed E-state index contributed by atoms with van der Waals surface area (Å²) in [5.74, 6) is -1.34. The number of pyridine rings is 1. The van der Waals surface area contributed by atoms with E-state index in [-0.39, 0.29) is 21.1 Å². The van der Waals surface area contributed by atoms with Crippen LogP contribution in [0.2, 0.25) is 0 Å². The number of hydrogen-bond acceptors (Lipinski definition) is 6. The topological polar surface area (TPSA) is 121 Å². The normalized spacial score (nSPS) is 11.4. The van der Waals surface area contributed by atoms with Gasteiger partial charge in [-0.05, 0) is 24.6 Å². The number of primary amides is 1. The third-order valence-electron chi connectivity index (χ3n) is 4.95. The second-order valence-corrected chi connectivity index (χ2v) is 7.81. The van der Waals surface area contributed by atoms with E-state index in [0.29, 0.717) is 22.2 Å². The zero-order valence-electron chi connectivity index (χ0n) is 16.7. The first-order valence-corrected chi connectivity index (χ1v) is 9.84. The Balaban J connectivity index is 2.01. The van der Waals surface area contributed by atoms with Crippen LogP contribution in [0.25, 0.3) is 21.3 Å². The lowest BCUT2D eigenvalue weighted by atomic mass is 10.0. The predicted molar refractivity (Wildman–Crippen MR) is 111 cm³/mol. The van der Waals surface area contributed by atoms with Gasteiger partial charge in [0.15, 0.2) is 0 Å². The van der Waals surface area contributed by atoms with Crippen LogP contribution in [0.3, 0.4) is 0 Å². The molecular formula is C19H17F2N7O2S. The standard InChI is InChI=1S/C19H17F2N7O2S/c1-8-10(7-24-27(8)2)9-6-11(16(20)21)25-19-13(9)14(15(31-19)17(22)29)26-18(30)12-4-5-23-28(12)3/h4-7,16H,1-3H3,(H2,22,29)(H,26,30). The molecule has 9 nitrogen and oxygen atoms in total. The van der Waals surface area contributed by atoms with E-state index in [4.69, 9.17) is 5.73 Å². The second kappa shape index (κ2) is 7.54. The van der Waals surface area contributed by atoms with Crippen molar-refractivity contribution in [3.8, 4) is 11.1 Å². The molecule has 0 bridgehead atoms. The van der Waals surface area contributed by atoms with Crippen LogP contribution >= 0.6 is 11.3 Å². The summed E-state index contributed by atoms with van der Waals surface area (Å²) in [4.78, 5) is 29.1. The van der Waals surface area contributed by atoms with Gasteiger partial charge in [-0.2, -0.15) is 10.2 Å². The lowest BCUT2D eigenvalue weighted by molar-refractivity contribution is 0.100. The molecule has 160 valence electrons. The van der Waals surface area contributed by atoms with Crippen LogP contribution in [0.5, 0.6) is 0 Å². The molecule has 31 heavy (non-hydrogen) atoms. The van der Waals surface area contributed by atoms with Gasteiger partial charge in [0, 0.05) is 36.9 Å². The van der Waals surface area contributed by atoms with Crippen molar-refractivity contribution >= 4 is 39.1 Å². The SMILES string of the molecule is Cc1c(-c2cc(C(F)F)nc3sc(C(N)=O)c(NC(=O)c4ccnn4C)c23)cnn1C. The summed E-state index contributed by atoms with van der Waals surface area (Å²) >= 11 is 0.845. The molecule has 0 aromatic carbocycles. The Labute approximate surface area is 178 Å². The molecule has 4 aromatic rings. The molecule has 0 fully saturated rings. The minimum absolute atomic E-state index is 0.00669. The summed E-state index contributed by atoms with van der Waals surface area (Å²) in [6, 6.07) is 2.75. The number of rotatable bonds is 5. The molecule has 0 aliphatic carbocycles. The number of nitrogens with zero attached hydrogens (tertiary/aromatic N) is 5. The van der Waals surface area contributed by atoms with Crippen molar-refractivity contribution in [2.45, 2.75) is 13.3 Å². The molecule has 0 saturated carbocycles. The molecule has 0 saturated heterocycles. The molecular weight excluding hydrogens is 428 g/mol. The fourth-order valence-corrected chi connectivity index (χ4v) is 4.29. The summed E-state index contributed by atoms with van der Waals surface area (Å²) in [6.45, 7) is 1.78. The number of thiophene rings is 1. The average Bonchev–Trinajstić information content (AvgIpc) is 3.39. The highest BCUT2D eigenvalue weighted by molar-refractivity contribution is 7.21. The minimum Gasteiger partial charge on any atom is -0.365 e. The van der Waals surface area contributed by atoms with Crippen molar-refractivity contribution in [1.82, 2.24) is 24.5 Å². The van der Waals surface area contributed by atoms with Gasteiger partial charge in [-0.1, -0.05) is 0 Å². The van der Waals surface area contributed by atoms with Crippen molar-refractivity contribution in [2.24, 2.45) is 19.8 Å². The number of anilines is 1. The molecule has 0 aliphatic heterocycles. The molecule has 4 heterocycles. The van der Waals surface area contributed by atoms with Gasteiger partial charge in [0.25, 0.3) is 18.2 Å². The number of aromatic nitrogens is 5. The van der Waals surface area contributed by atoms with E-state index in [1.165, 1.54) is 29.2 Å². The summed E-state index contributed by atoms with van der Waals surface area (Å²) in [7, 11) is 3.31. The molecule has 0 aliphatic rings. The maximum atomic E-state index is 13.6. The van der Waals surface area contributed by atoms with Crippen LogP contribution in [0.15, 0.2) is 24.5 Å². The third-order valence-corrected chi connectivity index (χ3v) is 6.04. The van der Waals surface area contributed by atoms with Crippen molar-refractivity contribution in [1.29, 1.82) is 0 Å². The van der Waals surface area contributed by atoms with Crippen LogP contribution < -0.4 is 11.1 Å². The first kappa shape index (κ1) is 20.6. The maximum absolute atomic E-state index is 13.6. The van der Waals surface area contributed by atoms with E-state index in [1.54, 1.807) is 25.7 Å². The van der Waals surface area contributed by atoms with Crippen LogP contribution in [0, 0.1) is 6.92 Å². The summed E-state index contributed by atoms with van der Waals surface area (Å²) < 4.78 is 30.1. The molecule has 0 unspecified atom stereocenters.